The zero-order valence-corrected chi connectivity index (χ0v) is 10.7. The van der Waals surface area contributed by atoms with Crippen LogP contribution in [0.5, 0.6) is 5.75 Å². The van der Waals surface area contributed by atoms with Crippen LogP contribution >= 0.6 is 0 Å². The van der Waals surface area contributed by atoms with Gasteiger partial charge in [0.05, 0.1) is 0 Å². The number of aliphatic imine (C=N–C) groups is 1. The summed E-state index contributed by atoms with van der Waals surface area (Å²) in [5, 5.41) is 9.49. The first-order valence-electron chi connectivity index (χ1n) is 5.27. The summed E-state index contributed by atoms with van der Waals surface area (Å²) in [6.07, 6.45) is 1.76. The van der Waals surface area contributed by atoms with Gasteiger partial charge in [-0.05, 0) is 18.2 Å². The highest BCUT2D eigenvalue weighted by atomic mass is 28.3. The molecule has 15 heavy (non-hydrogen) atoms. The van der Waals surface area contributed by atoms with Gasteiger partial charge in [-0.2, -0.15) is 0 Å². The molecule has 3 heteroatoms. The molecule has 0 heterocycles. The van der Waals surface area contributed by atoms with Crippen LogP contribution in [-0.2, 0) is 0 Å². The lowest BCUT2D eigenvalue weighted by molar-refractivity contribution is 0.474. The van der Waals surface area contributed by atoms with Crippen LogP contribution in [0.2, 0.25) is 25.7 Å². The number of para-hydroxylation sites is 1. The van der Waals surface area contributed by atoms with Gasteiger partial charge in [-0.1, -0.05) is 31.8 Å². The molecule has 0 aromatic heterocycles. The summed E-state index contributed by atoms with van der Waals surface area (Å²) in [5.74, 6) is 0.300. The van der Waals surface area contributed by atoms with E-state index in [4.69, 9.17) is 0 Å². The van der Waals surface area contributed by atoms with E-state index in [1.54, 1.807) is 12.3 Å². The van der Waals surface area contributed by atoms with E-state index < -0.39 is 8.07 Å². The summed E-state index contributed by atoms with van der Waals surface area (Å²) in [7, 11) is -0.985. The quantitative estimate of drug-likeness (QED) is 0.615. The predicted octanol–water partition coefficient (Wildman–Crippen LogP) is 3.15. The van der Waals surface area contributed by atoms with Gasteiger partial charge in [-0.25, -0.2) is 0 Å². The average molecular weight is 221 g/mol. The van der Waals surface area contributed by atoms with E-state index in [-0.39, 0.29) is 0 Å². The molecule has 0 fully saturated rings. The Morgan fingerprint density at radius 2 is 1.93 bits per heavy atom. The number of phenols is 1. The molecule has 0 saturated heterocycles. The largest absolute Gasteiger partial charge is 0.507 e. The maximum atomic E-state index is 9.49. The van der Waals surface area contributed by atoms with Gasteiger partial charge in [0.25, 0.3) is 0 Å². The van der Waals surface area contributed by atoms with E-state index in [1.807, 2.05) is 18.2 Å². The van der Waals surface area contributed by atoms with Crippen LogP contribution in [0.4, 0.5) is 0 Å². The van der Waals surface area contributed by atoms with Crippen molar-refractivity contribution in [1.29, 1.82) is 0 Å². The highest BCUT2D eigenvalue weighted by Crippen LogP contribution is 2.13. The number of rotatable bonds is 4. The number of hydrogen-bond donors (Lipinski definition) is 1. The highest BCUT2D eigenvalue weighted by molar-refractivity contribution is 6.76. The SMILES string of the molecule is C[Si](C)(C)CCN=Cc1ccccc1O. The molecule has 0 aliphatic carbocycles. The van der Waals surface area contributed by atoms with Gasteiger partial charge in [0, 0.05) is 26.4 Å². The van der Waals surface area contributed by atoms with Gasteiger partial charge in [-0.3, -0.25) is 4.99 Å². The molecule has 82 valence electrons. The normalized spacial score (nSPS) is 12.2. The zero-order chi connectivity index (χ0) is 11.3. The second-order valence-corrected chi connectivity index (χ2v) is 10.5. The topological polar surface area (TPSA) is 32.6 Å². The van der Waals surface area contributed by atoms with Gasteiger partial charge in [0.2, 0.25) is 0 Å². The summed E-state index contributed by atoms with van der Waals surface area (Å²) in [6.45, 7) is 7.87. The van der Waals surface area contributed by atoms with E-state index >= 15 is 0 Å². The molecule has 1 rings (SSSR count). The molecule has 1 aromatic rings. The first-order chi connectivity index (χ1) is 6.99. The van der Waals surface area contributed by atoms with Crippen LogP contribution in [-0.4, -0.2) is 25.9 Å². The third-order valence-electron chi connectivity index (χ3n) is 2.16. The minimum atomic E-state index is -0.985. The number of aromatic hydroxyl groups is 1. The van der Waals surface area contributed by atoms with Crippen molar-refractivity contribution in [3.63, 3.8) is 0 Å². The minimum absolute atomic E-state index is 0.300. The Hall–Kier alpha value is -1.09. The van der Waals surface area contributed by atoms with Crippen molar-refractivity contribution >= 4 is 14.3 Å². The Morgan fingerprint density at radius 3 is 2.53 bits per heavy atom. The summed E-state index contributed by atoms with van der Waals surface area (Å²) < 4.78 is 0. The smallest absolute Gasteiger partial charge is 0.124 e. The predicted molar refractivity (Wildman–Crippen MR) is 68.7 cm³/mol. The summed E-state index contributed by atoms with van der Waals surface area (Å²) in [4.78, 5) is 4.34. The lowest BCUT2D eigenvalue weighted by Crippen LogP contribution is -2.20. The maximum Gasteiger partial charge on any atom is 0.124 e. The van der Waals surface area contributed by atoms with Crippen molar-refractivity contribution in [3.05, 3.63) is 29.8 Å². The molecule has 0 spiro atoms. The number of hydrogen-bond acceptors (Lipinski definition) is 2. The second-order valence-electron chi connectivity index (χ2n) is 4.90. The zero-order valence-electron chi connectivity index (χ0n) is 9.70. The molecule has 0 saturated carbocycles. The molecule has 0 aliphatic heterocycles. The standard InChI is InChI=1S/C12H19NOSi/c1-15(2,3)9-8-13-10-11-6-4-5-7-12(11)14/h4-7,10,14H,8-9H2,1-3H3. The van der Waals surface area contributed by atoms with Crippen molar-refractivity contribution in [2.24, 2.45) is 4.99 Å². The van der Waals surface area contributed by atoms with Crippen molar-refractivity contribution in [1.82, 2.24) is 0 Å². The third-order valence-corrected chi connectivity index (χ3v) is 3.88. The van der Waals surface area contributed by atoms with E-state index in [0.717, 1.165) is 12.1 Å². The van der Waals surface area contributed by atoms with Crippen LogP contribution < -0.4 is 0 Å². The molecule has 1 aromatic carbocycles. The summed E-state index contributed by atoms with van der Waals surface area (Å²) in [6, 6.07) is 8.46. The Labute approximate surface area is 92.7 Å². The molecule has 0 bridgehead atoms. The Balaban J connectivity index is 2.49. The Bertz CT molecular complexity index is 342. The fourth-order valence-electron chi connectivity index (χ4n) is 1.16. The average Bonchev–Trinajstić information content (AvgIpc) is 2.13. The van der Waals surface area contributed by atoms with Gasteiger partial charge in [0.1, 0.15) is 5.75 Å². The van der Waals surface area contributed by atoms with Crippen LogP contribution in [0, 0.1) is 0 Å². The minimum Gasteiger partial charge on any atom is -0.507 e. The lowest BCUT2D eigenvalue weighted by atomic mass is 10.2. The van der Waals surface area contributed by atoms with Crippen molar-refractivity contribution in [2.75, 3.05) is 6.54 Å². The molecule has 0 aliphatic rings. The lowest BCUT2D eigenvalue weighted by Gasteiger charge is -2.12. The first-order valence-corrected chi connectivity index (χ1v) is 8.97. The molecular weight excluding hydrogens is 202 g/mol. The summed E-state index contributed by atoms with van der Waals surface area (Å²) in [5.41, 5.74) is 0.799. The van der Waals surface area contributed by atoms with Crippen LogP contribution in [0.3, 0.4) is 0 Å². The molecular formula is C12H19NOSi. The fourth-order valence-corrected chi connectivity index (χ4v) is 1.96. The van der Waals surface area contributed by atoms with Gasteiger partial charge in [0.15, 0.2) is 0 Å². The van der Waals surface area contributed by atoms with Crippen molar-refractivity contribution < 1.29 is 5.11 Å². The summed E-state index contributed by atoms with van der Waals surface area (Å²) >= 11 is 0. The number of benzene rings is 1. The molecule has 0 unspecified atom stereocenters. The van der Waals surface area contributed by atoms with Gasteiger partial charge in [-0.15, -0.1) is 0 Å². The monoisotopic (exact) mass is 221 g/mol. The van der Waals surface area contributed by atoms with E-state index in [0.29, 0.717) is 5.75 Å². The fraction of sp³-hybridized carbons (Fsp3) is 0.417. The molecule has 1 N–H and O–H groups in total. The van der Waals surface area contributed by atoms with Gasteiger partial charge >= 0.3 is 0 Å². The molecule has 0 radical (unpaired) electrons. The second kappa shape index (κ2) is 5.12. The van der Waals surface area contributed by atoms with Crippen molar-refractivity contribution in [3.8, 4) is 5.75 Å². The van der Waals surface area contributed by atoms with E-state index in [9.17, 15) is 5.11 Å². The van der Waals surface area contributed by atoms with Crippen LogP contribution in [0.25, 0.3) is 0 Å². The molecule has 2 nitrogen and oxygen atoms in total. The number of phenolic OH excluding ortho intramolecular Hbond substituents is 1. The maximum absolute atomic E-state index is 9.49. The molecule has 0 atom stereocenters. The van der Waals surface area contributed by atoms with Crippen molar-refractivity contribution in [2.45, 2.75) is 25.7 Å². The van der Waals surface area contributed by atoms with E-state index in [2.05, 4.69) is 24.6 Å². The third kappa shape index (κ3) is 4.79. The van der Waals surface area contributed by atoms with E-state index in [1.165, 1.54) is 6.04 Å². The first kappa shape index (κ1) is 12.0. The van der Waals surface area contributed by atoms with Crippen LogP contribution in [0.1, 0.15) is 5.56 Å². The Kier molecular flexibility index (Phi) is 4.09. The number of nitrogens with zero attached hydrogens (tertiary/aromatic N) is 1. The van der Waals surface area contributed by atoms with Gasteiger partial charge < -0.3 is 5.11 Å². The Morgan fingerprint density at radius 1 is 1.27 bits per heavy atom. The highest BCUT2D eigenvalue weighted by Gasteiger charge is 2.10. The molecule has 0 amide bonds. The van der Waals surface area contributed by atoms with Crippen LogP contribution in [0.15, 0.2) is 29.3 Å².